The second-order valence-corrected chi connectivity index (χ2v) is 6.43. The second-order valence-electron chi connectivity index (χ2n) is 5.99. The molecular weight excluding hydrogens is 428 g/mol. The first-order chi connectivity index (χ1) is 13.3. The normalized spacial score (nSPS) is 13.1. The van der Waals surface area contributed by atoms with Crippen molar-refractivity contribution in [3.05, 3.63) is 69.7 Å². The van der Waals surface area contributed by atoms with Gasteiger partial charge in [-0.25, -0.2) is 4.79 Å². The first-order valence-corrected chi connectivity index (χ1v) is 8.23. The van der Waals surface area contributed by atoms with Crippen LogP contribution in [0.5, 0.6) is 0 Å². The highest BCUT2D eigenvalue weighted by molar-refractivity contribution is 6.30. The molecule has 0 bridgehead atoms. The van der Waals surface area contributed by atoms with Crippen LogP contribution in [0.2, 0.25) is 5.02 Å². The fraction of sp³-hybridized carbons (Fsp3) is 0.222. The number of hydrogen-bond donors (Lipinski definition) is 2. The van der Waals surface area contributed by atoms with Crippen molar-refractivity contribution in [2.24, 2.45) is 0 Å². The molecule has 0 aromatic heterocycles. The molecule has 0 saturated heterocycles. The van der Waals surface area contributed by atoms with E-state index in [4.69, 9.17) is 11.6 Å². The molecule has 29 heavy (non-hydrogen) atoms. The number of nitrogens with one attached hydrogen (secondary N) is 1. The number of carbonyl (C=O) groups excluding carboxylic acids is 1. The molecule has 0 heterocycles. The Bertz CT molecular complexity index is 877. The van der Waals surface area contributed by atoms with Crippen molar-refractivity contribution in [3.8, 4) is 0 Å². The van der Waals surface area contributed by atoms with Crippen LogP contribution in [0.25, 0.3) is 0 Å². The number of benzene rings is 2. The quantitative estimate of drug-likeness (QED) is 0.657. The third-order valence-electron chi connectivity index (χ3n) is 3.81. The van der Waals surface area contributed by atoms with E-state index in [2.05, 4.69) is 0 Å². The fourth-order valence-electron chi connectivity index (χ4n) is 2.38. The molecule has 0 radical (unpaired) electrons. The molecule has 4 nitrogen and oxygen atoms in total. The van der Waals surface area contributed by atoms with Crippen molar-refractivity contribution in [2.45, 2.75) is 24.8 Å². The highest BCUT2D eigenvalue weighted by Gasteiger charge is 2.37. The molecule has 2 rings (SSSR count). The van der Waals surface area contributed by atoms with E-state index in [1.807, 2.05) is 5.32 Å². The minimum atomic E-state index is -5.13. The zero-order chi connectivity index (χ0) is 22.0. The zero-order valence-electron chi connectivity index (χ0n) is 14.2. The molecule has 0 fully saturated rings. The molecule has 0 unspecified atom stereocenters. The molecule has 0 aliphatic rings. The minimum absolute atomic E-state index is 0.126. The van der Waals surface area contributed by atoms with E-state index in [1.165, 1.54) is 24.3 Å². The van der Waals surface area contributed by atoms with E-state index >= 15 is 0 Å². The van der Waals surface area contributed by atoms with E-state index < -0.39 is 47.0 Å². The van der Waals surface area contributed by atoms with E-state index in [-0.39, 0.29) is 24.6 Å². The Morgan fingerprint density at radius 1 is 0.931 bits per heavy atom. The average molecular weight is 440 g/mol. The van der Waals surface area contributed by atoms with Crippen LogP contribution < -0.4 is 5.32 Å². The molecule has 1 atom stereocenters. The van der Waals surface area contributed by atoms with E-state index in [9.17, 15) is 41.0 Å². The number of amides is 1. The van der Waals surface area contributed by atoms with Crippen molar-refractivity contribution in [1.29, 1.82) is 0 Å². The van der Waals surface area contributed by atoms with Crippen molar-refractivity contribution >= 4 is 23.5 Å². The maximum absolute atomic E-state index is 12.9. The number of hydrogen-bond acceptors (Lipinski definition) is 2. The van der Waals surface area contributed by atoms with Gasteiger partial charge in [-0.3, -0.25) is 4.79 Å². The molecule has 11 heteroatoms. The van der Waals surface area contributed by atoms with Crippen LogP contribution >= 0.6 is 11.6 Å². The molecule has 0 saturated carbocycles. The molecular formula is C18H12ClF6NO3. The summed E-state index contributed by atoms with van der Waals surface area (Å²) in [5.74, 6) is -2.90. The number of carbonyl (C=O) groups is 2. The van der Waals surface area contributed by atoms with Gasteiger partial charge in [0.05, 0.1) is 11.1 Å². The van der Waals surface area contributed by atoms with Crippen molar-refractivity contribution in [2.75, 3.05) is 0 Å². The summed E-state index contributed by atoms with van der Waals surface area (Å²) in [6.07, 6.45) is -10.5. The van der Waals surface area contributed by atoms with Crippen LogP contribution in [0.15, 0.2) is 42.5 Å². The molecule has 2 aromatic carbocycles. The molecule has 0 aliphatic carbocycles. The Kier molecular flexibility index (Phi) is 6.46. The van der Waals surface area contributed by atoms with Crippen LogP contribution in [-0.4, -0.2) is 23.0 Å². The van der Waals surface area contributed by atoms with Gasteiger partial charge in [0, 0.05) is 17.0 Å². The summed E-state index contributed by atoms with van der Waals surface area (Å²) >= 11 is 5.71. The van der Waals surface area contributed by atoms with E-state index in [1.54, 1.807) is 0 Å². The van der Waals surface area contributed by atoms with Crippen LogP contribution in [-0.2, 0) is 23.6 Å². The smallest absolute Gasteiger partial charge is 0.416 e. The van der Waals surface area contributed by atoms with Gasteiger partial charge in [0.1, 0.15) is 6.04 Å². The lowest BCUT2D eigenvalue weighted by Crippen LogP contribution is -2.42. The predicted molar refractivity (Wildman–Crippen MR) is 90.5 cm³/mol. The SMILES string of the molecule is O=C(N[C@H](Cc1ccc(Cl)cc1)C(=O)O)c1cc(C(F)(F)F)cc(C(F)(F)F)c1. The summed E-state index contributed by atoms with van der Waals surface area (Å²) in [4.78, 5) is 23.6. The lowest BCUT2D eigenvalue weighted by molar-refractivity contribution is -0.143. The topological polar surface area (TPSA) is 66.4 Å². The Hall–Kier alpha value is -2.75. The first-order valence-electron chi connectivity index (χ1n) is 7.85. The number of rotatable bonds is 5. The third-order valence-corrected chi connectivity index (χ3v) is 4.06. The Balaban J connectivity index is 2.33. The van der Waals surface area contributed by atoms with Gasteiger partial charge >= 0.3 is 18.3 Å². The lowest BCUT2D eigenvalue weighted by atomic mass is 10.0. The van der Waals surface area contributed by atoms with Gasteiger partial charge in [-0.05, 0) is 35.9 Å². The van der Waals surface area contributed by atoms with Crippen LogP contribution in [0, 0.1) is 0 Å². The summed E-state index contributed by atoms with van der Waals surface area (Å²) in [6, 6.07) is 4.59. The zero-order valence-corrected chi connectivity index (χ0v) is 15.0. The van der Waals surface area contributed by atoms with Gasteiger partial charge < -0.3 is 10.4 Å². The van der Waals surface area contributed by atoms with Gasteiger partial charge in [0.15, 0.2) is 0 Å². The molecule has 0 aliphatic heterocycles. The van der Waals surface area contributed by atoms with Crippen LogP contribution in [0.4, 0.5) is 26.3 Å². The predicted octanol–water partition coefficient (Wildman–Crippen LogP) is 4.80. The first kappa shape index (κ1) is 22.5. The molecule has 0 spiro atoms. The number of carboxylic acid groups (broad SMARTS) is 1. The van der Waals surface area contributed by atoms with Gasteiger partial charge in [-0.2, -0.15) is 26.3 Å². The Labute approximate surface area is 165 Å². The van der Waals surface area contributed by atoms with Gasteiger partial charge in [0.25, 0.3) is 5.91 Å². The molecule has 156 valence electrons. The van der Waals surface area contributed by atoms with Gasteiger partial charge in [0.2, 0.25) is 0 Å². The monoisotopic (exact) mass is 439 g/mol. The van der Waals surface area contributed by atoms with E-state index in [0.717, 1.165) is 0 Å². The summed E-state index contributed by atoms with van der Waals surface area (Å²) in [7, 11) is 0. The average Bonchev–Trinajstić information content (AvgIpc) is 2.61. The highest BCUT2D eigenvalue weighted by Crippen LogP contribution is 2.36. The summed E-state index contributed by atoms with van der Waals surface area (Å²) in [6.45, 7) is 0. The summed E-state index contributed by atoms with van der Waals surface area (Å²) in [5.41, 5.74) is -3.89. The number of carboxylic acids is 1. The van der Waals surface area contributed by atoms with Crippen molar-refractivity contribution in [3.63, 3.8) is 0 Å². The molecule has 1 amide bonds. The van der Waals surface area contributed by atoms with Crippen molar-refractivity contribution in [1.82, 2.24) is 5.32 Å². The Morgan fingerprint density at radius 3 is 1.83 bits per heavy atom. The number of aliphatic carboxylic acids is 1. The maximum atomic E-state index is 12.9. The van der Waals surface area contributed by atoms with Crippen molar-refractivity contribution < 1.29 is 41.0 Å². The minimum Gasteiger partial charge on any atom is -0.480 e. The number of alkyl halides is 6. The fourth-order valence-corrected chi connectivity index (χ4v) is 2.51. The maximum Gasteiger partial charge on any atom is 0.416 e. The third kappa shape index (κ3) is 6.11. The summed E-state index contributed by atoms with van der Waals surface area (Å²) < 4.78 is 77.4. The number of halogens is 7. The molecule has 2 aromatic rings. The highest BCUT2D eigenvalue weighted by atomic mass is 35.5. The lowest BCUT2D eigenvalue weighted by Gasteiger charge is -2.17. The van der Waals surface area contributed by atoms with Crippen LogP contribution in [0.1, 0.15) is 27.0 Å². The Morgan fingerprint density at radius 2 is 1.41 bits per heavy atom. The summed E-state index contributed by atoms with van der Waals surface area (Å²) in [5, 5.41) is 11.6. The second kappa shape index (κ2) is 8.32. The van der Waals surface area contributed by atoms with E-state index in [0.29, 0.717) is 10.6 Å². The van der Waals surface area contributed by atoms with Crippen LogP contribution in [0.3, 0.4) is 0 Å². The van der Waals surface area contributed by atoms with Gasteiger partial charge in [-0.1, -0.05) is 23.7 Å². The largest absolute Gasteiger partial charge is 0.480 e. The standard InChI is InChI=1S/C18H12ClF6NO3/c19-13-3-1-9(2-4-13)5-14(16(28)29)26-15(27)10-6-11(17(20,21)22)8-12(7-10)18(23,24)25/h1-4,6-8,14H,5H2,(H,26,27)(H,28,29)/t14-/m1/s1. The van der Waals surface area contributed by atoms with Gasteiger partial charge in [-0.15, -0.1) is 0 Å². The molecule has 2 N–H and O–H groups in total.